The highest BCUT2D eigenvalue weighted by Gasteiger charge is 2.24. The van der Waals surface area contributed by atoms with Crippen LogP contribution in [0, 0.1) is 18.6 Å². The van der Waals surface area contributed by atoms with Gasteiger partial charge in [-0.3, -0.25) is 0 Å². The van der Waals surface area contributed by atoms with Gasteiger partial charge in [-0.2, -0.15) is 0 Å². The third-order valence-electron chi connectivity index (χ3n) is 2.85. The molecule has 0 aliphatic heterocycles. The summed E-state index contributed by atoms with van der Waals surface area (Å²) in [5.74, 6) is -1.25. The van der Waals surface area contributed by atoms with Crippen molar-refractivity contribution < 1.29 is 13.3 Å². The molecule has 18 heavy (non-hydrogen) atoms. The molecule has 0 radical (unpaired) electrons. The van der Waals surface area contributed by atoms with Crippen LogP contribution in [0.15, 0.2) is 16.7 Å². The number of anilines is 1. The summed E-state index contributed by atoms with van der Waals surface area (Å²) in [5.41, 5.74) is 6.48. The first kappa shape index (κ1) is 12.5. The van der Waals surface area contributed by atoms with E-state index in [2.05, 4.69) is 5.16 Å². The van der Waals surface area contributed by atoms with Gasteiger partial charge in [0.15, 0.2) is 0 Å². The highest BCUT2D eigenvalue weighted by molar-refractivity contribution is 5.69. The number of hydrogen-bond donors (Lipinski definition) is 1. The van der Waals surface area contributed by atoms with Gasteiger partial charge in [-0.1, -0.05) is 25.1 Å². The number of benzene rings is 1. The molecule has 0 fully saturated rings. The van der Waals surface area contributed by atoms with Crippen molar-refractivity contribution in [3.05, 3.63) is 34.9 Å². The molecule has 1 heterocycles. The first-order valence-corrected chi connectivity index (χ1v) is 5.63. The quantitative estimate of drug-likeness (QED) is 0.887. The van der Waals surface area contributed by atoms with E-state index in [1.807, 2.05) is 13.8 Å². The lowest BCUT2D eigenvalue weighted by molar-refractivity contribution is 0.437. The second-order valence-electron chi connectivity index (χ2n) is 4.52. The van der Waals surface area contributed by atoms with Crippen LogP contribution in [-0.4, -0.2) is 5.16 Å². The summed E-state index contributed by atoms with van der Waals surface area (Å²) in [4.78, 5) is 0. The summed E-state index contributed by atoms with van der Waals surface area (Å²) in [7, 11) is 0. The number of aromatic nitrogens is 1. The van der Waals surface area contributed by atoms with Gasteiger partial charge >= 0.3 is 0 Å². The van der Waals surface area contributed by atoms with Crippen LogP contribution in [0.3, 0.4) is 0 Å². The Hall–Kier alpha value is -1.91. The monoisotopic (exact) mass is 252 g/mol. The zero-order valence-electron chi connectivity index (χ0n) is 10.4. The van der Waals surface area contributed by atoms with E-state index in [9.17, 15) is 8.78 Å². The summed E-state index contributed by atoms with van der Waals surface area (Å²) >= 11 is 0. The number of aryl methyl sites for hydroxylation is 1. The molecule has 0 atom stereocenters. The summed E-state index contributed by atoms with van der Waals surface area (Å²) in [5, 5.41) is 3.69. The maximum Gasteiger partial charge on any atom is 0.226 e. The van der Waals surface area contributed by atoms with E-state index in [0.29, 0.717) is 11.1 Å². The first-order chi connectivity index (χ1) is 8.43. The number of nitrogens with two attached hydrogens (primary N) is 1. The first-order valence-electron chi connectivity index (χ1n) is 5.63. The Kier molecular flexibility index (Phi) is 3.07. The highest BCUT2D eigenvalue weighted by atomic mass is 19.1. The fourth-order valence-electron chi connectivity index (χ4n) is 1.92. The van der Waals surface area contributed by atoms with E-state index in [0.717, 1.165) is 0 Å². The van der Waals surface area contributed by atoms with Crippen LogP contribution in [0.4, 0.5) is 14.7 Å². The van der Waals surface area contributed by atoms with Gasteiger partial charge in [0, 0.05) is 5.56 Å². The fourth-order valence-corrected chi connectivity index (χ4v) is 1.92. The summed E-state index contributed by atoms with van der Waals surface area (Å²) in [6, 6.07) is 2.59. The highest BCUT2D eigenvalue weighted by Crippen LogP contribution is 2.36. The number of hydrogen-bond acceptors (Lipinski definition) is 3. The van der Waals surface area contributed by atoms with Gasteiger partial charge in [-0.25, -0.2) is 8.78 Å². The number of halogens is 2. The molecule has 2 N–H and O–H groups in total. The Morgan fingerprint density at radius 2 is 1.94 bits per heavy atom. The molecule has 3 nitrogen and oxygen atoms in total. The lowest BCUT2D eigenvalue weighted by atomic mass is 9.97. The molecule has 0 aliphatic carbocycles. The van der Waals surface area contributed by atoms with Gasteiger partial charge in [-0.15, -0.1) is 0 Å². The smallest absolute Gasteiger partial charge is 0.226 e. The lowest BCUT2D eigenvalue weighted by Gasteiger charge is -2.08. The molecule has 0 unspecified atom stereocenters. The Morgan fingerprint density at radius 3 is 2.56 bits per heavy atom. The van der Waals surface area contributed by atoms with Crippen molar-refractivity contribution >= 4 is 5.88 Å². The zero-order valence-corrected chi connectivity index (χ0v) is 10.4. The SMILES string of the molecule is Cc1ccc(F)c(-c2noc(N)c2C(C)C)c1F. The summed E-state index contributed by atoms with van der Waals surface area (Å²) in [6.45, 7) is 5.28. The predicted molar refractivity (Wildman–Crippen MR) is 65.1 cm³/mol. The van der Waals surface area contributed by atoms with Crippen LogP contribution in [0.2, 0.25) is 0 Å². The van der Waals surface area contributed by atoms with Gasteiger partial charge in [0.05, 0.1) is 5.56 Å². The minimum absolute atomic E-state index is 0.0365. The zero-order chi connectivity index (χ0) is 13.4. The molecule has 96 valence electrons. The van der Waals surface area contributed by atoms with Crippen LogP contribution in [-0.2, 0) is 0 Å². The van der Waals surface area contributed by atoms with Crippen molar-refractivity contribution in [3.8, 4) is 11.3 Å². The van der Waals surface area contributed by atoms with Crippen LogP contribution in [0.5, 0.6) is 0 Å². The minimum atomic E-state index is -0.673. The summed E-state index contributed by atoms with van der Waals surface area (Å²) < 4.78 is 32.7. The lowest BCUT2D eigenvalue weighted by Crippen LogP contribution is -1.99. The maximum atomic E-state index is 14.0. The van der Waals surface area contributed by atoms with Crippen molar-refractivity contribution in [1.29, 1.82) is 0 Å². The second-order valence-corrected chi connectivity index (χ2v) is 4.52. The van der Waals surface area contributed by atoms with E-state index in [4.69, 9.17) is 10.3 Å². The van der Waals surface area contributed by atoms with Crippen LogP contribution >= 0.6 is 0 Å². The average Bonchev–Trinajstić information content (AvgIpc) is 2.66. The van der Waals surface area contributed by atoms with E-state index in [1.165, 1.54) is 12.1 Å². The minimum Gasteiger partial charge on any atom is -0.367 e. The fraction of sp³-hybridized carbons (Fsp3) is 0.308. The van der Waals surface area contributed by atoms with E-state index >= 15 is 0 Å². The molecule has 0 aliphatic rings. The van der Waals surface area contributed by atoms with Crippen LogP contribution < -0.4 is 5.73 Å². The van der Waals surface area contributed by atoms with Crippen molar-refractivity contribution in [2.24, 2.45) is 0 Å². The molecular formula is C13H14F2N2O. The Bertz CT molecular complexity index is 591. The van der Waals surface area contributed by atoms with Gasteiger partial charge < -0.3 is 10.3 Å². The molecule has 1 aromatic carbocycles. The molecule has 2 aromatic rings. The number of nitrogens with zero attached hydrogens (tertiary/aromatic N) is 1. The topological polar surface area (TPSA) is 52.0 Å². The van der Waals surface area contributed by atoms with Gasteiger partial charge in [-0.05, 0) is 24.5 Å². The molecule has 0 saturated carbocycles. The van der Waals surface area contributed by atoms with Gasteiger partial charge in [0.25, 0.3) is 0 Å². The number of nitrogen functional groups attached to an aromatic ring is 1. The molecule has 0 spiro atoms. The van der Waals surface area contributed by atoms with Crippen molar-refractivity contribution in [1.82, 2.24) is 5.16 Å². The predicted octanol–water partition coefficient (Wildman–Crippen LogP) is 3.63. The van der Waals surface area contributed by atoms with E-state index in [-0.39, 0.29) is 23.1 Å². The maximum absolute atomic E-state index is 14.0. The molecule has 2 rings (SSSR count). The van der Waals surface area contributed by atoms with Gasteiger partial charge in [0.2, 0.25) is 5.88 Å². The van der Waals surface area contributed by atoms with E-state index < -0.39 is 11.6 Å². The largest absolute Gasteiger partial charge is 0.367 e. The Morgan fingerprint density at radius 1 is 1.28 bits per heavy atom. The molecule has 1 aromatic heterocycles. The van der Waals surface area contributed by atoms with Gasteiger partial charge in [0.1, 0.15) is 17.3 Å². The third-order valence-corrected chi connectivity index (χ3v) is 2.85. The number of rotatable bonds is 2. The average molecular weight is 252 g/mol. The van der Waals surface area contributed by atoms with Crippen LogP contribution in [0.1, 0.15) is 30.9 Å². The third kappa shape index (κ3) is 1.85. The van der Waals surface area contributed by atoms with Crippen LogP contribution in [0.25, 0.3) is 11.3 Å². The Balaban J connectivity index is 2.74. The molecule has 0 amide bonds. The Labute approximate surface area is 104 Å². The van der Waals surface area contributed by atoms with E-state index in [1.54, 1.807) is 6.92 Å². The van der Waals surface area contributed by atoms with Crippen molar-refractivity contribution in [3.63, 3.8) is 0 Å². The molecule has 5 heteroatoms. The standard InChI is InChI=1S/C13H14F2N2O/c1-6(2)9-12(17-18-13(9)16)10-8(14)5-4-7(3)11(10)15/h4-6H,16H2,1-3H3. The van der Waals surface area contributed by atoms with Crippen molar-refractivity contribution in [2.45, 2.75) is 26.7 Å². The molecule has 0 saturated heterocycles. The van der Waals surface area contributed by atoms with Crippen molar-refractivity contribution in [2.75, 3.05) is 5.73 Å². The second kappa shape index (κ2) is 4.40. The molecule has 0 bridgehead atoms. The normalized spacial score (nSPS) is 11.2. The molecular weight excluding hydrogens is 238 g/mol. The summed E-state index contributed by atoms with van der Waals surface area (Å²) in [6.07, 6.45) is 0.